The number of anilines is 1. The number of carbonyl (C=O) groups excluding carboxylic acids is 3. The summed E-state index contributed by atoms with van der Waals surface area (Å²) in [6, 6.07) is 13.9. The quantitative estimate of drug-likeness (QED) is 0.260. The fraction of sp³-hybridized carbons (Fsp3) is 0.0800. The molecule has 0 aromatic heterocycles. The van der Waals surface area contributed by atoms with Crippen molar-refractivity contribution < 1.29 is 36.8 Å². The highest BCUT2D eigenvalue weighted by Gasteiger charge is 2.36. The highest BCUT2D eigenvalue weighted by atomic mass is 35.5. The third-order valence-electron chi connectivity index (χ3n) is 5.09. The zero-order valence-corrected chi connectivity index (χ0v) is 20.7. The van der Waals surface area contributed by atoms with Gasteiger partial charge in [-0.25, -0.2) is 9.69 Å². The van der Waals surface area contributed by atoms with Crippen LogP contribution in [-0.4, -0.2) is 38.0 Å². The first-order valence-corrected chi connectivity index (χ1v) is 12.5. The Labute approximate surface area is 216 Å². The van der Waals surface area contributed by atoms with Crippen LogP contribution < -0.4 is 19.1 Å². The van der Waals surface area contributed by atoms with E-state index in [0.717, 1.165) is 4.90 Å². The van der Waals surface area contributed by atoms with Crippen molar-refractivity contribution >= 4 is 51.3 Å². The van der Waals surface area contributed by atoms with E-state index in [1.165, 1.54) is 72.8 Å². The minimum Gasteiger partial charge on any atom is -0.508 e. The Bertz CT molecular complexity index is 1520. The van der Waals surface area contributed by atoms with Crippen molar-refractivity contribution in [2.75, 3.05) is 11.5 Å². The second-order valence-corrected chi connectivity index (χ2v) is 9.59. The third kappa shape index (κ3) is 5.57. The molecule has 0 radical (unpaired) electrons. The number of halogens is 1. The number of phenols is 1. The van der Waals surface area contributed by atoms with Crippen LogP contribution in [0, 0.1) is 0 Å². The van der Waals surface area contributed by atoms with Gasteiger partial charge in [-0.2, -0.15) is 8.42 Å². The molecule has 1 heterocycles. The van der Waals surface area contributed by atoms with E-state index in [9.17, 15) is 27.9 Å². The van der Waals surface area contributed by atoms with Gasteiger partial charge in [-0.1, -0.05) is 17.7 Å². The molecule has 0 spiro atoms. The molecule has 0 unspecified atom stereocenters. The number of hydrogen-bond donors (Lipinski definition) is 2. The molecule has 4 rings (SSSR count). The van der Waals surface area contributed by atoms with Crippen molar-refractivity contribution in [1.82, 2.24) is 5.32 Å². The lowest BCUT2D eigenvalue weighted by atomic mass is 10.1. The lowest BCUT2D eigenvalue weighted by molar-refractivity contribution is -0.122. The van der Waals surface area contributed by atoms with Gasteiger partial charge in [0.1, 0.15) is 16.2 Å². The summed E-state index contributed by atoms with van der Waals surface area (Å²) in [5, 5.41) is 11.9. The highest BCUT2D eigenvalue weighted by molar-refractivity contribution is 7.87. The smallest absolute Gasteiger partial charge is 0.339 e. The van der Waals surface area contributed by atoms with Crippen molar-refractivity contribution in [3.05, 3.63) is 82.9 Å². The summed E-state index contributed by atoms with van der Waals surface area (Å²) in [5.41, 5.74) is 0.0978. The Hall–Kier alpha value is -4.35. The van der Waals surface area contributed by atoms with Crippen LogP contribution in [0.1, 0.15) is 12.5 Å². The van der Waals surface area contributed by atoms with Crippen molar-refractivity contribution in [2.24, 2.45) is 0 Å². The van der Waals surface area contributed by atoms with Crippen LogP contribution in [0.2, 0.25) is 5.02 Å². The standard InChI is InChI=1S/C25H19ClN2O8S/c1-2-35-22-14-15(3-12-21(22)36-37(33,34)19-10-4-16(26)5-11-19)13-20-23(30)27-25(32)28(24(20)31)17-6-8-18(29)9-7-17/h3-14,29H,2H2,1H3,(H,27,30,32)/b20-13+. The number of ether oxygens (including phenoxy) is 1. The Balaban J connectivity index is 1.67. The summed E-state index contributed by atoms with van der Waals surface area (Å²) in [6.07, 6.45) is 1.23. The van der Waals surface area contributed by atoms with Gasteiger partial charge in [0.25, 0.3) is 11.8 Å². The van der Waals surface area contributed by atoms with Crippen LogP contribution >= 0.6 is 11.6 Å². The highest BCUT2D eigenvalue weighted by Crippen LogP contribution is 2.33. The molecule has 190 valence electrons. The summed E-state index contributed by atoms with van der Waals surface area (Å²) in [6.45, 7) is 1.85. The fourth-order valence-corrected chi connectivity index (χ4v) is 4.45. The molecule has 1 saturated heterocycles. The number of nitrogens with zero attached hydrogens (tertiary/aromatic N) is 1. The van der Waals surface area contributed by atoms with E-state index >= 15 is 0 Å². The maximum Gasteiger partial charge on any atom is 0.339 e. The van der Waals surface area contributed by atoms with E-state index in [4.69, 9.17) is 20.5 Å². The molecule has 1 aliphatic rings. The van der Waals surface area contributed by atoms with Gasteiger partial charge in [0.2, 0.25) is 0 Å². The number of urea groups is 1. The Morgan fingerprint density at radius 3 is 2.30 bits per heavy atom. The topological polar surface area (TPSA) is 139 Å². The normalized spacial score (nSPS) is 15.0. The molecule has 2 N–H and O–H groups in total. The van der Waals surface area contributed by atoms with Crippen molar-refractivity contribution in [2.45, 2.75) is 11.8 Å². The fourth-order valence-electron chi connectivity index (χ4n) is 3.38. The predicted molar refractivity (Wildman–Crippen MR) is 134 cm³/mol. The molecule has 10 nitrogen and oxygen atoms in total. The average molecular weight is 543 g/mol. The first-order valence-electron chi connectivity index (χ1n) is 10.8. The van der Waals surface area contributed by atoms with Gasteiger partial charge in [-0.3, -0.25) is 14.9 Å². The van der Waals surface area contributed by atoms with Gasteiger partial charge in [-0.05, 0) is 79.2 Å². The number of nitrogens with one attached hydrogen (secondary N) is 1. The average Bonchev–Trinajstić information content (AvgIpc) is 2.84. The number of benzene rings is 3. The first-order chi connectivity index (χ1) is 17.6. The van der Waals surface area contributed by atoms with E-state index < -0.39 is 28.0 Å². The zero-order chi connectivity index (χ0) is 26.7. The molecule has 0 saturated carbocycles. The molecule has 37 heavy (non-hydrogen) atoms. The zero-order valence-electron chi connectivity index (χ0n) is 19.2. The number of amides is 4. The maximum absolute atomic E-state index is 13.1. The maximum atomic E-state index is 13.1. The van der Waals surface area contributed by atoms with Crippen LogP contribution in [0.15, 0.2) is 77.2 Å². The molecule has 3 aromatic carbocycles. The molecular formula is C25H19ClN2O8S. The van der Waals surface area contributed by atoms with Crippen LogP contribution in [0.25, 0.3) is 6.08 Å². The van der Waals surface area contributed by atoms with Gasteiger partial charge in [0.15, 0.2) is 11.5 Å². The molecule has 0 bridgehead atoms. The van der Waals surface area contributed by atoms with Gasteiger partial charge in [0, 0.05) is 5.02 Å². The Kier molecular flexibility index (Phi) is 7.18. The minimum atomic E-state index is -4.21. The predicted octanol–water partition coefficient (Wildman–Crippen LogP) is 3.88. The van der Waals surface area contributed by atoms with Crippen LogP contribution in [0.5, 0.6) is 17.2 Å². The summed E-state index contributed by atoms with van der Waals surface area (Å²) in [5.74, 6) is -1.93. The largest absolute Gasteiger partial charge is 0.508 e. The third-order valence-corrected chi connectivity index (χ3v) is 6.59. The van der Waals surface area contributed by atoms with Crippen molar-refractivity contribution in [3.8, 4) is 17.2 Å². The van der Waals surface area contributed by atoms with Gasteiger partial charge >= 0.3 is 16.1 Å². The minimum absolute atomic E-state index is 0.0459. The molecule has 12 heteroatoms. The SMILES string of the molecule is CCOc1cc(/C=C2\C(=O)NC(=O)N(c3ccc(O)cc3)C2=O)ccc1OS(=O)(=O)c1ccc(Cl)cc1. The number of aromatic hydroxyl groups is 1. The number of rotatable bonds is 7. The number of barbiturate groups is 1. The molecule has 1 aliphatic heterocycles. The van der Waals surface area contributed by atoms with Crippen LogP contribution in [0.3, 0.4) is 0 Å². The van der Waals surface area contributed by atoms with E-state index in [0.29, 0.717) is 10.6 Å². The lowest BCUT2D eigenvalue weighted by Crippen LogP contribution is -2.54. The van der Waals surface area contributed by atoms with Crippen molar-refractivity contribution in [1.29, 1.82) is 0 Å². The second-order valence-electron chi connectivity index (χ2n) is 7.60. The first kappa shape index (κ1) is 25.7. The molecule has 1 fully saturated rings. The second kappa shape index (κ2) is 10.3. The molecule has 0 aliphatic carbocycles. The number of hydrogen-bond acceptors (Lipinski definition) is 8. The van der Waals surface area contributed by atoms with E-state index in [1.54, 1.807) is 6.92 Å². The summed E-state index contributed by atoms with van der Waals surface area (Å²) in [7, 11) is -4.21. The van der Waals surface area contributed by atoms with Gasteiger partial charge in [-0.15, -0.1) is 0 Å². The molecule has 4 amide bonds. The monoisotopic (exact) mass is 542 g/mol. The molecule has 3 aromatic rings. The molecule has 0 atom stereocenters. The lowest BCUT2D eigenvalue weighted by Gasteiger charge is -2.26. The van der Waals surface area contributed by atoms with Crippen LogP contribution in [0.4, 0.5) is 10.5 Å². The van der Waals surface area contributed by atoms with E-state index in [2.05, 4.69) is 5.32 Å². The number of imide groups is 2. The summed E-state index contributed by atoms with van der Waals surface area (Å²) >= 11 is 5.82. The van der Waals surface area contributed by atoms with E-state index in [1.807, 2.05) is 0 Å². The van der Waals surface area contributed by atoms with Crippen LogP contribution in [-0.2, 0) is 19.7 Å². The van der Waals surface area contributed by atoms with Crippen molar-refractivity contribution in [3.63, 3.8) is 0 Å². The number of phenolic OH excluding ortho intramolecular Hbond substituents is 1. The molecular weight excluding hydrogens is 524 g/mol. The summed E-state index contributed by atoms with van der Waals surface area (Å²) < 4.78 is 36.2. The van der Waals surface area contributed by atoms with E-state index in [-0.39, 0.29) is 40.0 Å². The Morgan fingerprint density at radius 2 is 1.65 bits per heavy atom. The Morgan fingerprint density at radius 1 is 0.973 bits per heavy atom. The summed E-state index contributed by atoms with van der Waals surface area (Å²) in [4.78, 5) is 38.5. The van der Waals surface area contributed by atoms with Gasteiger partial charge < -0.3 is 14.0 Å². The van der Waals surface area contributed by atoms with Gasteiger partial charge in [0.05, 0.1) is 12.3 Å². The number of carbonyl (C=O) groups is 3.